The molecule has 16 heavy (non-hydrogen) atoms. The second-order valence-electron chi connectivity index (χ2n) is 4.79. The molecule has 1 fully saturated rings. The summed E-state index contributed by atoms with van der Waals surface area (Å²) in [6.45, 7) is 5.04. The quantitative estimate of drug-likeness (QED) is 0.786. The van der Waals surface area contributed by atoms with Gasteiger partial charge in [0.1, 0.15) is 0 Å². The Morgan fingerprint density at radius 3 is 2.69 bits per heavy atom. The third-order valence-electron chi connectivity index (χ3n) is 3.02. The second kappa shape index (κ2) is 4.03. The van der Waals surface area contributed by atoms with E-state index in [2.05, 4.69) is 9.88 Å². The zero-order valence-electron chi connectivity index (χ0n) is 9.72. The molecule has 4 nitrogen and oxygen atoms in total. The predicted molar refractivity (Wildman–Crippen MR) is 62.3 cm³/mol. The van der Waals surface area contributed by atoms with Gasteiger partial charge in [-0.15, -0.1) is 0 Å². The largest absolute Gasteiger partial charge is 0.388 e. The number of nitrogens with zero attached hydrogens (tertiary/aromatic N) is 2. The molecule has 1 aromatic heterocycles. The van der Waals surface area contributed by atoms with E-state index >= 15 is 0 Å². The number of aromatic nitrogens is 1. The molecule has 1 saturated heterocycles. The van der Waals surface area contributed by atoms with Gasteiger partial charge in [-0.3, -0.25) is 4.98 Å². The first-order chi connectivity index (χ1) is 7.48. The van der Waals surface area contributed by atoms with Gasteiger partial charge in [0, 0.05) is 13.1 Å². The molecular weight excluding hydrogens is 204 g/mol. The lowest BCUT2D eigenvalue weighted by atomic mass is 10.1. The van der Waals surface area contributed by atoms with Crippen molar-refractivity contribution in [3.63, 3.8) is 0 Å². The third kappa shape index (κ3) is 2.33. The molecular formula is C12H18N2O2. The maximum Gasteiger partial charge on any atom is 0.0931 e. The Balaban J connectivity index is 2.11. The molecule has 0 amide bonds. The monoisotopic (exact) mass is 222 g/mol. The van der Waals surface area contributed by atoms with Crippen molar-refractivity contribution in [2.45, 2.75) is 32.0 Å². The third-order valence-corrected chi connectivity index (χ3v) is 3.02. The van der Waals surface area contributed by atoms with Gasteiger partial charge in [0.2, 0.25) is 0 Å². The van der Waals surface area contributed by atoms with Gasteiger partial charge in [0.05, 0.1) is 29.3 Å². The predicted octanol–water partition coefficient (Wildman–Crippen LogP) is 1.10. The Bertz CT molecular complexity index is 360. The van der Waals surface area contributed by atoms with E-state index in [0.717, 1.165) is 18.7 Å². The van der Waals surface area contributed by atoms with Crippen LogP contribution in [-0.2, 0) is 0 Å². The van der Waals surface area contributed by atoms with E-state index in [1.54, 1.807) is 13.1 Å². The van der Waals surface area contributed by atoms with E-state index in [1.807, 2.05) is 19.1 Å². The number of β-amino-alcohol motifs (C(OH)–C–C–N with tert-alkyl or cyclic N) is 1. The Morgan fingerprint density at radius 1 is 1.50 bits per heavy atom. The number of anilines is 1. The standard InChI is InChI=1S/C12H18N2O2/c1-9(15)11-4-3-10(7-13-11)14-6-5-12(2,16)8-14/h3-4,7,9,15-16H,5-6,8H2,1-2H3/t9-,12?/m0/s1. The van der Waals surface area contributed by atoms with Gasteiger partial charge in [0.25, 0.3) is 0 Å². The van der Waals surface area contributed by atoms with Crippen molar-refractivity contribution in [2.75, 3.05) is 18.0 Å². The second-order valence-corrected chi connectivity index (χ2v) is 4.79. The summed E-state index contributed by atoms with van der Waals surface area (Å²) in [6, 6.07) is 3.77. The van der Waals surface area contributed by atoms with Gasteiger partial charge >= 0.3 is 0 Å². The van der Waals surface area contributed by atoms with Crippen LogP contribution in [0.15, 0.2) is 18.3 Å². The molecule has 1 aliphatic rings. The number of hydrogen-bond acceptors (Lipinski definition) is 4. The highest BCUT2D eigenvalue weighted by Gasteiger charge is 2.31. The van der Waals surface area contributed by atoms with Crippen LogP contribution >= 0.6 is 0 Å². The molecule has 0 saturated carbocycles. The summed E-state index contributed by atoms with van der Waals surface area (Å²) in [5, 5.41) is 19.2. The summed E-state index contributed by atoms with van der Waals surface area (Å²) in [6.07, 6.45) is 2.00. The minimum absolute atomic E-state index is 0.532. The van der Waals surface area contributed by atoms with Crippen LogP contribution in [0.2, 0.25) is 0 Å². The molecule has 1 aliphatic heterocycles. The number of aliphatic hydroxyl groups excluding tert-OH is 1. The highest BCUT2D eigenvalue weighted by Crippen LogP contribution is 2.26. The van der Waals surface area contributed by atoms with Crippen molar-refractivity contribution in [2.24, 2.45) is 0 Å². The zero-order valence-corrected chi connectivity index (χ0v) is 9.72. The average Bonchev–Trinajstić information content (AvgIpc) is 2.59. The van der Waals surface area contributed by atoms with Crippen LogP contribution in [-0.4, -0.2) is 33.9 Å². The fourth-order valence-corrected chi connectivity index (χ4v) is 2.00. The summed E-state index contributed by atoms with van der Waals surface area (Å²) < 4.78 is 0. The van der Waals surface area contributed by atoms with Crippen LogP contribution in [0.4, 0.5) is 5.69 Å². The van der Waals surface area contributed by atoms with E-state index < -0.39 is 11.7 Å². The summed E-state index contributed by atoms with van der Waals surface area (Å²) in [5.41, 5.74) is 1.08. The van der Waals surface area contributed by atoms with Gasteiger partial charge in [-0.05, 0) is 32.4 Å². The van der Waals surface area contributed by atoms with E-state index in [1.165, 1.54) is 0 Å². The number of hydrogen-bond donors (Lipinski definition) is 2. The highest BCUT2D eigenvalue weighted by molar-refractivity contribution is 5.46. The number of aliphatic hydroxyl groups is 2. The SMILES string of the molecule is C[C@H](O)c1ccc(N2CCC(C)(O)C2)cn1. The molecule has 0 aromatic carbocycles. The molecule has 2 N–H and O–H groups in total. The van der Waals surface area contributed by atoms with Crippen LogP contribution < -0.4 is 4.90 Å². The summed E-state index contributed by atoms with van der Waals surface area (Å²) in [4.78, 5) is 6.31. The first kappa shape index (κ1) is 11.4. The summed E-state index contributed by atoms with van der Waals surface area (Å²) >= 11 is 0. The molecule has 1 unspecified atom stereocenters. The number of pyridine rings is 1. The molecule has 0 aliphatic carbocycles. The lowest BCUT2D eigenvalue weighted by Crippen LogP contribution is -2.29. The van der Waals surface area contributed by atoms with Crippen LogP contribution in [0.25, 0.3) is 0 Å². The van der Waals surface area contributed by atoms with Crippen molar-refractivity contribution in [3.8, 4) is 0 Å². The van der Waals surface area contributed by atoms with Crippen LogP contribution in [0, 0.1) is 0 Å². The molecule has 0 radical (unpaired) electrons. The van der Waals surface area contributed by atoms with Crippen LogP contribution in [0.1, 0.15) is 32.1 Å². The Hall–Kier alpha value is -1.13. The van der Waals surface area contributed by atoms with Gasteiger partial charge < -0.3 is 15.1 Å². The van der Waals surface area contributed by atoms with E-state index in [0.29, 0.717) is 12.2 Å². The lowest BCUT2D eigenvalue weighted by molar-refractivity contribution is 0.0839. The van der Waals surface area contributed by atoms with Crippen molar-refractivity contribution in [3.05, 3.63) is 24.0 Å². The van der Waals surface area contributed by atoms with E-state index in [-0.39, 0.29) is 0 Å². The fraction of sp³-hybridized carbons (Fsp3) is 0.583. The molecule has 2 rings (SSSR count). The normalized spacial score (nSPS) is 27.1. The van der Waals surface area contributed by atoms with Gasteiger partial charge in [-0.1, -0.05) is 0 Å². The fourth-order valence-electron chi connectivity index (χ4n) is 2.00. The number of rotatable bonds is 2. The van der Waals surface area contributed by atoms with Gasteiger partial charge in [-0.2, -0.15) is 0 Å². The molecule has 1 aromatic rings. The summed E-state index contributed by atoms with van der Waals surface area (Å²) in [5.74, 6) is 0. The molecule has 4 heteroatoms. The van der Waals surface area contributed by atoms with Crippen LogP contribution in [0.3, 0.4) is 0 Å². The van der Waals surface area contributed by atoms with Gasteiger partial charge in [-0.25, -0.2) is 0 Å². The first-order valence-electron chi connectivity index (χ1n) is 5.59. The Morgan fingerprint density at radius 2 is 2.25 bits per heavy atom. The molecule has 2 atom stereocenters. The molecule has 0 spiro atoms. The van der Waals surface area contributed by atoms with Gasteiger partial charge in [0.15, 0.2) is 0 Å². The van der Waals surface area contributed by atoms with E-state index in [4.69, 9.17) is 0 Å². The van der Waals surface area contributed by atoms with Crippen molar-refractivity contribution >= 4 is 5.69 Å². The lowest BCUT2D eigenvalue weighted by Gasteiger charge is -2.20. The van der Waals surface area contributed by atoms with Crippen molar-refractivity contribution in [1.29, 1.82) is 0 Å². The maximum absolute atomic E-state index is 9.87. The van der Waals surface area contributed by atoms with Crippen molar-refractivity contribution in [1.82, 2.24) is 4.98 Å². The first-order valence-corrected chi connectivity index (χ1v) is 5.59. The van der Waals surface area contributed by atoms with E-state index in [9.17, 15) is 10.2 Å². The Labute approximate surface area is 95.5 Å². The molecule has 2 heterocycles. The van der Waals surface area contributed by atoms with Crippen LogP contribution in [0.5, 0.6) is 0 Å². The maximum atomic E-state index is 9.87. The zero-order chi connectivity index (χ0) is 11.8. The topological polar surface area (TPSA) is 56.6 Å². The average molecular weight is 222 g/mol. The highest BCUT2D eigenvalue weighted by atomic mass is 16.3. The Kier molecular flexibility index (Phi) is 2.86. The van der Waals surface area contributed by atoms with Crippen molar-refractivity contribution < 1.29 is 10.2 Å². The molecule has 0 bridgehead atoms. The minimum Gasteiger partial charge on any atom is -0.388 e. The summed E-state index contributed by atoms with van der Waals surface area (Å²) in [7, 11) is 0. The minimum atomic E-state index is -0.594. The molecule has 88 valence electrons. The smallest absolute Gasteiger partial charge is 0.0931 e.